The number of hydrogen-bond acceptors (Lipinski definition) is 6. The van der Waals surface area contributed by atoms with Gasteiger partial charge in [-0.1, -0.05) is 72.3 Å². The van der Waals surface area contributed by atoms with Gasteiger partial charge in [-0.15, -0.1) is 0 Å². The maximum absolute atomic E-state index is 13.0. The molecule has 1 heterocycles. The highest BCUT2D eigenvalue weighted by Crippen LogP contribution is 2.31. The normalized spacial score (nSPS) is 11.0. The van der Waals surface area contributed by atoms with Gasteiger partial charge in [0.15, 0.2) is 0 Å². The van der Waals surface area contributed by atoms with Crippen molar-refractivity contribution in [1.82, 2.24) is 15.4 Å². The van der Waals surface area contributed by atoms with E-state index in [0.29, 0.717) is 38.5 Å². The number of fused-ring (bicyclic) bond motifs is 1. The number of benzene rings is 5. The van der Waals surface area contributed by atoms with Gasteiger partial charge in [-0.05, 0) is 72.3 Å². The van der Waals surface area contributed by atoms with Gasteiger partial charge in [0, 0.05) is 21.7 Å². The molecule has 1 aromatic heterocycles. The van der Waals surface area contributed by atoms with Gasteiger partial charge in [0.1, 0.15) is 5.75 Å². The molecule has 0 radical (unpaired) electrons. The van der Waals surface area contributed by atoms with E-state index in [4.69, 9.17) is 26.3 Å². The molecule has 0 spiro atoms. The van der Waals surface area contributed by atoms with Crippen LogP contribution in [0.5, 0.6) is 5.75 Å². The van der Waals surface area contributed by atoms with Gasteiger partial charge in [-0.25, -0.2) is 20.2 Å². The van der Waals surface area contributed by atoms with Crippen molar-refractivity contribution in [3.05, 3.63) is 149 Å². The van der Waals surface area contributed by atoms with Crippen LogP contribution in [0.1, 0.15) is 26.3 Å². The lowest BCUT2D eigenvalue weighted by atomic mass is 10.0. The Morgan fingerprint density at radius 2 is 1.26 bits per heavy atom. The Labute approximate surface area is 252 Å². The summed E-state index contributed by atoms with van der Waals surface area (Å²) in [6, 6.07) is 38.1. The van der Waals surface area contributed by atoms with Crippen molar-refractivity contribution in [2.24, 2.45) is 5.10 Å². The predicted octanol–water partition coefficient (Wildman–Crippen LogP) is 7.60. The zero-order chi connectivity index (χ0) is 29.6. The van der Waals surface area contributed by atoms with E-state index in [9.17, 15) is 9.59 Å². The highest BCUT2D eigenvalue weighted by Gasteiger charge is 2.16. The fraction of sp³-hybridized carbons (Fsp3) is 0. The van der Waals surface area contributed by atoms with Gasteiger partial charge >= 0.3 is 5.97 Å². The monoisotopic (exact) mass is 582 g/mol. The Morgan fingerprint density at radius 1 is 0.674 bits per heavy atom. The van der Waals surface area contributed by atoms with Gasteiger partial charge < -0.3 is 4.74 Å². The number of nitrogens with one attached hydrogen (secondary N) is 1. The number of rotatable bonds is 7. The van der Waals surface area contributed by atoms with Crippen molar-refractivity contribution >= 4 is 40.7 Å². The Bertz CT molecular complexity index is 1940. The van der Waals surface area contributed by atoms with Crippen molar-refractivity contribution in [3.63, 3.8) is 0 Å². The Balaban J connectivity index is 1.18. The minimum Gasteiger partial charge on any atom is -0.423 e. The standard InChI is InChI=1S/C35H23ClN4O3/c36-28-16-13-26(14-17-28)34(41)40-37-22-23-11-18-29(19-12-23)43-35(42)27-15-20-30-31(21-27)39-33(25-9-5-2-6-10-25)32(38-30)24-7-3-1-4-8-24/h1-22H,(H,40,41)/b37-22-. The molecule has 0 unspecified atom stereocenters. The SMILES string of the molecule is O=C(N/N=C\c1ccc(OC(=O)c2ccc3nc(-c4ccccc4)c(-c4ccccc4)nc3c2)cc1)c1ccc(Cl)cc1. The van der Waals surface area contributed by atoms with Gasteiger partial charge in [0.2, 0.25) is 0 Å². The lowest BCUT2D eigenvalue weighted by molar-refractivity contribution is 0.0734. The van der Waals surface area contributed by atoms with Crippen LogP contribution in [0, 0.1) is 0 Å². The van der Waals surface area contributed by atoms with E-state index in [1.54, 1.807) is 66.7 Å². The molecule has 0 saturated carbocycles. The number of esters is 1. The number of ether oxygens (including phenoxy) is 1. The minimum absolute atomic E-state index is 0.351. The third-order valence-corrected chi connectivity index (χ3v) is 6.82. The first-order valence-corrected chi connectivity index (χ1v) is 13.8. The van der Waals surface area contributed by atoms with Crippen LogP contribution >= 0.6 is 11.6 Å². The maximum atomic E-state index is 13.0. The molecule has 1 amide bonds. The molecule has 0 aliphatic rings. The Morgan fingerprint density at radius 3 is 1.88 bits per heavy atom. The van der Waals surface area contributed by atoms with Crippen LogP contribution in [0.15, 0.2) is 132 Å². The minimum atomic E-state index is -0.520. The molecule has 0 bridgehead atoms. The van der Waals surface area contributed by atoms with E-state index >= 15 is 0 Å². The van der Waals surface area contributed by atoms with Crippen molar-refractivity contribution in [1.29, 1.82) is 0 Å². The second-order valence-corrected chi connectivity index (χ2v) is 9.96. The fourth-order valence-electron chi connectivity index (χ4n) is 4.40. The van der Waals surface area contributed by atoms with Crippen LogP contribution in [0.3, 0.4) is 0 Å². The number of nitrogens with zero attached hydrogens (tertiary/aromatic N) is 3. The Kier molecular flexibility index (Phi) is 7.97. The van der Waals surface area contributed by atoms with Crippen molar-refractivity contribution in [3.8, 4) is 28.3 Å². The predicted molar refractivity (Wildman–Crippen MR) is 168 cm³/mol. The summed E-state index contributed by atoms with van der Waals surface area (Å²) in [4.78, 5) is 35.1. The zero-order valence-electron chi connectivity index (χ0n) is 22.6. The maximum Gasteiger partial charge on any atom is 0.343 e. The first-order chi connectivity index (χ1) is 21.0. The van der Waals surface area contributed by atoms with Crippen LogP contribution in [0.4, 0.5) is 0 Å². The molecule has 8 heteroatoms. The lowest BCUT2D eigenvalue weighted by Crippen LogP contribution is -2.17. The summed E-state index contributed by atoms with van der Waals surface area (Å²) in [5, 5.41) is 4.53. The number of halogens is 1. The number of aromatic nitrogens is 2. The average Bonchev–Trinajstić information content (AvgIpc) is 3.05. The van der Waals surface area contributed by atoms with Gasteiger partial charge in [0.05, 0.1) is 34.2 Å². The molecule has 43 heavy (non-hydrogen) atoms. The quantitative estimate of drug-likeness (QED) is 0.0905. The number of hydrazone groups is 1. The average molecular weight is 583 g/mol. The highest BCUT2D eigenvalue weighted by atomic mass is 35.5. The van der Waals surface area contributed by atoms with Gasteiger partial charge in [-0.3, -0.25) is 4.79 Å². The van der Waals surface area contributed by atoms with Gasteiger partial charge in [0.25, 0.3) is 5.91 Å². The number of carbonyl (C=O) groups excluding carboxylic acids is 2. The molecule has 0 saturated heterocycles. The third-order valence-electron chi connectivity index (χ3n) is 6.57. The number of carbonyl (C=O) groups is 2. The van der Waals surface area contributed by atoms with E-state index < -0.39 is 5.97 Å². The van der Waals surface area contributed by atoms with Crippen LogP contribution in [-0.2, 0) is 0 Å². The molecule has 7 nitrogen and oxygen atoms in total. The summed E-state index contributed by atoms with van der Waals surface area (Å²) in [5.74, 6) is -0.512. The largest absolute Gasteiger partial charge is 0.423 e. The third kappa shape index (κ3) is 6.48. The van der Waals surface area contributed by atoms with Crippen molar-refractivity contribution in [2.45, 2.75) is 0 Å². The van der Waals surface area contributed by atoms with E-state index in [1.807, 2.05) is 60.7 Å². The first-order valence-electron chi connectivity index (χ1n) is 13.4. The molecule has 1 N–H and O–H groups in total. The first kappa shape index (κ1) is 27.5. The summed E-state index contributed by atoms with van der Waals surface area (Å²) in [6.45, 7) is 0. The van der Waals surface area contributed by atoms with Crippen LogP contribution < -0.4 is 10.2 Å². The highest BCUT2D eigenvalue weighted by molar-refractivity contribution is 6.30. The molecule has 0 atom stereocenters. The summed E-state index contributed by atoms with van der Waals surface area (Å²) >= 11 is 5.86. The summed E-state index contributed by atoms with van der Waals surface area (Å²) in [5.41, 5.74) is 8.60. The fourth-order valence-corrected chi connectivity index (χ4v) is 4.52. The molecule has 0 aliphatic carbocycles. The summed E-state index contributed by atoms with van der Waals surface area (Å²) in [6.07, 6.45) is 1.50. The molecule has 208 valence electrons. The van der Waals surface area contributed by atoms with Crippen molar-refractivity contribution in [2.75, 3.05) is 0 Å². The molecule has 0 fully saturated rings. The van der Waals surface area contributed by atoms with Crippen LogP contribution in [0.25, 0.3) is 33.5 Å². The second-order valence-electron chi connectivity index (χ2n) is 9.52. The molecule has 6 aromatic rings. The van der Waals surface area contributed by atoms with Crippen LogP contribution in [0.2, 0.25) is 5.02 Å². The Hall–Kier alpha value is -5.66. The van der Waals surface area contributed by atoms with E-state index in [1.165, 1.54) is 6.21 Å². The van der Waals surface area contributed by atoms with E-state index in [2.05, 4.69) is 10.5 Å². The summed E-state index contributed by atoms with van der Waals surface area (Å²) < 4.78 is 5.61. The van der Waals surface area contributed by atoms with E-state index in [-0.39, 0.29) is 5.91 Å². The molecule has 5 aromatic carbocycles. The smallest absolute Gasteiger partial charge is 0.343 e. The molecular formula is C35H23ClN4O3. The van der Waals surface area contributed by atoms with E-state index in [0.717, 1.165) is 22.5 Å². The topological polar surface area (TPSA) is 93.5 Å². The zero-order valence-corrected chi connectivity index (χ0v) is 23.4. The number of hydrogen-bond donors (Lipinski definition) is 1. The van der Waals surface area contributed by atoms with Crippen molar-refractivity contribution < 1.29 is 14.3 Å². The second kappa shape index (κ2) is 12.5. The van der Waals surface area contributed by atoms with Gasteiger partial charge in [-0.2, -0.15) is 5.10 Å². The van der Waals surface area contributed by atoms with Crippen LogP contribution in [-0.4, -0.2) is 28.1 Å². The summed E-state index contributed by atoms with van der Waals surface area (Å²) in [7, 11) is 0. The lowest BCUT2D eigenvalue weighted by Gasteiger charge is -2.11. The number of amides is 1. The molecule has 0 aliphatic heterocycles. The molecular weight excluding hydrogens is 560 g/mol. The molecule has 6 rings (SSSR count).